The fraction of sp³-hybridized carbons (Fsp3) is 0.308. The number of aromatic nitrogens is 2. The van der Waals surface area contributed by atoms with Gasteiger partial charge in [0, 0.05) is 12.7 Å². The van der Waals surface area contributed by atoms with Gasteiger partial charge in [0.2, 0.25) is 0 Å². The van der Waals surface area contributed by atoms with Crippen LogP contribution in [0.4, 0.5) is 4.39 Å². The number of aryl methyl sites for hydroxylation is 1. The molecule has 0 spiro atoms. The van der Waals surface area contributed by atoms with Crippen LogP contribution in [0.5, 0.6) is 5.75 Å². The lowest BCUT2D eigenvalue weighted by Gasteiger charge is -2.49. The van der Waals surface area contributed by atoms with E-state index in [1.807, 2.05) is 60.2 Å². The Morgan fingerprint density at radius 2 is 1.97 bits per heavy atom. The molecule has 170 valence electrons. The Bertz CT molecular complexity index is 1200. The van der Waals surface area contributed by atoms with Gasteiger partial charge in [0.25, 0.3) is 0 Å². The van der Waals surface area contributed by atoms with Gasteiger partial charge in [-0.2, -0.15) is 0 Å². The second kappa shape index (κ2) is 8.73. The molecule has 3 aromatic rings. The third kappa shape index (κ3) is 3.99. The summed E-state index contributed by atoms with van der Waals surface area (Å²) >= 11 is 0. The number of methoxy groups -OCH3 is 1. The molecule has 33 heavy (non-hydrogen) atoms. The Morgan fingerprint density at radius 1 is 1.12 bits per heavy atom. The molecule has 0 bridgehead atoms. The van der Waals surface area contributed by atoms with E-state index < -0.39 is 0 Å². The van der Waals surface area contributed by atoms with Gasteiger partial charge in [-0.25, -0.2) is 9.37 Å². The smallest absolute Gasteiger partial charge is 0.169 e. The van der Waals surface area contributed by atoms with Crippen molar-refractivity contribution in [3.8, 4) is 11.4 Å². The minimum atomic E-state index is -0.325. The maximum Gasteiger partial charge on any atom is 0.169 e. The Balaban J connectivity index is 1.43. The maximum absolute atomic E-state index is 13.6. The van der Waals surface area contributed by atoms with Crippen molar-refractivity contribution in [2.45, 2.75) is 31.7 Å². The lowest BCUT2D eigenvalue weighted by Crippen LogP contribution is -2.56. The van der Waals surface area contributed by atoms with Crippen LogP contribution in [-0.4, -0.2) is 40.5 Å². The maximum atomic E-state index is 13.6. The van der Waals surface area contributed by atoms with Crippen LogP contribution in [0.15, 0.2) is 66.2 Å². The van der Waals surface area contributed by atoms with E-state index >= 15 is 0 Å². The quantitative estimate of drug-likeness (QED) is 0.549. The summed E-state index contributed by atoms with van der Waals surface area (Å²) < 4.78 is 21.1. The van der Waals surface area contributed by atoms with Crippen molar-refractivity contribution >= 4 is 11.9 Å². The van der Waals surface area contributed by atoms with Gasteiger partial charge in [0.05, 0.1) is 24.8 Å². The zero-order valence-electron chi connectivity index (χ0n) is 18.9. The molecular weight excluding hydrogens is 419 g/mol. The normalized spacial score (nSPS) is 20.3. The van der Waals surface area contributed by atoms with Gasteiger partial charge in [-0.05, 0) is 67.7 Å². The van der Waals surface area contributed by atoms with Crippen LogP contribution < -0.4 is 4.74 Å². The number of nitrogens with zero attached hydrogens (tertiary/aromatic N) is 4. The Morgan fingerprint density at radius 3 is 2.73 bits per heavy atom. The van der Waals surface area contributed by atoms with Gasteiger partial charge in [-0.1, -0.05) is 29.4 Å². The third-order valence-electron chi connectivity index (χ3n) is 6.48. The first-order valence-electron chi connectivity index (χ1n) is 11.2. The molecule has 0 saturated carbocycles. The van der Waals surface area contributed by atoms with Crippen LogP contribution >= 0.6 is 0 Å². The molecule has 1 unspecified atom stereocenters. The summed E-state index contributed by atoms with van der Waals surface area (Å²) in [6.45, 7) is 3.30. The molecule has 1 fully saturated rings. The number of hydrogen-bond acceptors (Lipinski definition) is 5. The number of ether oxygens (including phenoxy) is 1. The standard InChI is InChI=1S/C26H27FN4O2/c1-19-16-30(18-28-19)23-11-5-20(15-24(23)32-2)6-12-25-29-33-17-26(13-3-4-14-31(25)26)21-7-9-22(27)10-8-21/h5-12,15-16,18H,3-4,13-14,17H2,1-2H3. The fourth-order valence-electron chi connectivity index (χ4n) is 4.77. The zero-order chi connectivity index (χ0) is 22.8. The SMILES string of the molecule is COc1cc(C=CC2=NOCC3(c4ccc(F)cc4)CCCCN23)ccc1-n1cnc(C)c1. The molecule has 1 saturated heterocycles. The number of amidine groups is 1. The molecule has 0 radical (unpaired) electrons. The molecule has 5 rings (SSSR count). The van der Waals surface area contributed by atoms with Crippen molar-refractivity contribution in [1.29, 1.82) is 0 Å². The first-order chi connectivity index (χ1) is 16.1. The lowest BCUT2D eigenvalue weighted by atomic mass is 9.80. The molecule has 1 atom stereocenters. The van der Waals surface area contributed by atoms with Crippen molar-refractivity contribution in [2.75, 3.05) is 20.3 Å². The summed E-state index contributed by atoms with van der Waals surface area (Å²) in [5.74, 6) is 1.31. The summed E-state index contributed by atoms with van der Waals surface area (Å²) in [4.78, 5) is 12.3. The van der Waals surface area contributed by atoms with E-state index in [9.17, 15) is 4.39 Å². The van der Waals surface area contributed by atoms with Crippen molar-refractivity contribution < 1.29 is 14.0 Å². The summed E-state index contributed by atoms with van der Waals surface area (Å²) in [7, 11) is 1.67. The number of benzene rings is 2. The molecule has 0 N–H and O–H groups in total. The lowest BCUT2D eigenvalue weighted by molar-refractivity contribution is -0.0240. The van der Waals surface area contributed by atoms with Crippen molar-refractivity contribution in [3.05, 3.63) is 83.7 Å². The molecule has 2 aliphatic rings. The van der Waals surface area contributed by atoms with Gasteiger partial charge in [-0.3, -0.25) is 0 Å². The molecule has 6 nitrogen and oxygen atoms in total. The predicted octanol–water partition coefficient (Wildman–Crippen LogP) is 5.07. The van der Waals surface area contributed by atoms with Gasteiger partial charge >= 0.3 is 0 Å². The van der Waals surface area contributed by atoms with Gasteiger partial charge in [-0.15, -0.1) is 0 Å². The average molecular weight is 447 g/mol. The fourth-order valence-corrected chi connectivity index (χ4v) is 4.77. The second-order valence-electron chi connectivity index (χ2n) is 8.56. The minimum Gasteiger partial charge on any atom is -0.495 e. The number of imidazole rings is 1. The number of halogens is 1. The Kier molecular flexibility index (Phi) is 5.62. The topological polar surface area (TPSA) is 51.9 Å². The van der Waals surface area contributed by atoms with Crippen molar-refractivity contribution in [3.63, 3.8) is 0 Å². The molecule has 7 heteroatoms. The predicted molar refractivity (Wildman–Crippen MR) is 126 cm³/mol. The summed E-state index contributed by atoms with van der Waals surface area (Å²) in [6.07, 6.45) is 10.9. The highest BCUT2D eigenvalue weighted by Gasteiger charge is 2.44. The van der Waals surface area contributed by atoms with Crippen LogP contribution in [0, 0.1) is 12.7 Å². The van der Waals surface area contributed by atoms with Gasteiger partial charge in [0.1, 0.15) is 23.7 Å². The van der Waals surface area contributed by atoms with Gasteiger partial charge < -0.3 is 19.0 Å². The van der Waals surface area contributed by atoms with Crippen LogP contribution in [0.1, 0.15) is 36.1 Å². The van der Waals surface area contributed by atoms with E-state index in [1.165, 1.54) is 12.1 Å². The Labute approximate surface area is 192 Å². The highest BCUT2D eigenvalue weighted by atomic mass is 19.1. The number of oxime groups is 1. The van der Waals surface area contributed by atoms with E-state index in [0.29, 0.717) is 6.61 Å². The van der Waals surface area contributed by atoms with Crippen molar-refractivity contribution in [2.24, 2.45) is 5.16 Å². The first-order valence-corrected chi connectivity index (χ1v) is 11.2. The molecule has 0 amide bonds. The minimum absolute atomic E-state index is 0.230. The summed E-state index contributed by atoms with van der Waals surface area (Å²) in [5.41, 5.74) is 3.60. The monoisotopic (exact) mass is 446 g/mol. The highest BCUT2D eigenvalue weighted by molar-refractivity contribution is 5.97. The highest BCUT2D eigenvalue weighted by Crippen LogP contribution is 2.40. The molecule has 3 heterocycles. The number of rotatable bonds is 5. The third-order valence-corrected chi connectivity index (χ3v) is 6.48. The molecular formula is C26H27FN4O2. The number of piperidine rings is 1. The molecule has 2 aromatic carbocycles. The van der Waals surface area contributed by atoms with Crippen LogP contribution in [0.25, 0.3) is 11.8 Å². The molecule has 1 aromatic heterocycles. The number of fused-ring (bicyclic) bond motifs is 1. The van der Waals surface area contributed by atoms with Crippen LogP contribution in [0.3, 0.4) is 0 Å². The van der Waals surface area contributed by atoms with E-state index in [0.717, 1.165) is 59.9 Å². The Hall–Kier alpha value is -3.61. The van der Waals surface area contributed by atoms with E-state index in [-0.39, 0.29) is 11.4 Å². The van der Waals surface area contributed by atoms with E-state index in [2.05, 4.69) is 15.0 Å². The van der Waals surface area contributed by atoms with Crippen LogP contribution in [-0.2, 0) is 10.4 Å². The van der Waals surface area contributed by atoms with E-state index in [4.69, 9.17) is 9.57 Å². The molecule has 0 aliphatic carbocycles. The summed E-state index contributed by atoms with van der Waals surface area (Å²) in [5, 5.41) is 4.37. The average Bonchev–Trinajstić information content (AvgIpc) is 3.28. The zero-order valence-corrected chi connectivity index (χ0v) is 18.9. The van der Waals surface area contributed by atoms with Crippen LogP contribution in [0.2, 0.25) is 0 Å². The number of hydrogen-bond donors (Lipinski definition) is 0. The van der Waals surface area contributed by atoms with E-state index in [1.54, 1.807) is 13.4 Å². The summed E-state index contributed by atoms with van der Waals surface area (Å²) in [6, 6.07) is 12.8. The van der Waals surface area contributed by atoms with Gasteiger partial charge in [0.15, 0.2) is 5.84 Å². The molecule has 2 aliphatic heterocycles. The second-order valence-corrected chi connectivity index (χ2v) is 8.56. The van der Waals surface area contributed by atoms with Crippen molar-refractivity contribution in [1.82, 2.24) is 14.5 Å². The first kappa shape index (κ1) is 21.2. The largest absolute Gasteiger partial charge is 0.495 e.